The molecule has 114 valence electrons. The van der Waals surface area contributed by atoms with E-state index in [4.69, 9.17) is 5.73 Å². The molecule has 0 aliphatic carbocycles. The van der Waals surface area contributed by atoms with E-state index in [2.05, 4.69) is 20.3 Å². The molecule has 0 aliphatic heterocycles. The summed E-state index contributed by atoms with van der Waals surface area (Å²) in [5, 5.41) is 3.12. The van der Waals surface area contributed by atoms with Crippen molar-refractivity contribution in [2.24, 2.45) is 0 Å². The Morgan fingerprint density at radius 2 is 2.10 bits per heavy atom. The number of nitrogens with two attached hydrogens (primary N) is 1. The highest BCUT2D eigenvalue weighted by Gasteiger charge is 2.08. The smallest absolute Gasteiger partial charge is 0.227 e. The van der Waals surface area contributed by atoms with Gasteiger partial charge in [-0.05, 0) is 43.9 Å². The summed E-state index contributed by atoms with van der Waals surface area (Å²) in [5.74, 6) is 0.468. The topological polar surface area (TPSA) is 76.7 Å². The van der Waals surface area contributed by atoms with E-state index in [0.717, 1.165) is 17.5 Å². The first-order valence-electron chi connectivity index (χ1n) is 6.50. The van der Waals surface area contributed by atoms with Crippen molar-refractivity contribution in [3.05, 3.63) is 41.5 Å². The van der Waals surface area contributed by atoms with Gasteiger partial charge in [0.15, 0.2) is 0 Å². The normalized spacial score (nSPS) is 11.6. The van der Waals surface area contributed by atoms with Crippen LogP contribution < -0.4 is 11.1 Å². The number of nitrogens with zero attached hydrogens (tertiary/aromatic N) is 3. The maximum atomic E-state index is 13.7. The van der Waals surface area contributed by atoms with Crippen LogP contribution in [0.3, 0.4) is 0 Å². The van der Waals surface area contributed by atoms with Gasteiger partial charge in [0, 0.05) is 6.04 Å². The van der Waals surface area contributed by atoms with Gasteiger partial charge < -0.3 is 11.1 Å². The van der Waals surface area contributed by atoms with E-state index < -0.39 is 0 Å². The summed E-state index contributed by atoms with van der Waals surface area (Å²) in [7, 11) is 0. The van der Waals surface area contributed by atoms with Crippen LogP contribution in [-0.2, 0) is 6.42 Å². The van der Waals surface area contributed by atoms with E-state index in [0.29, 0.717) is 12.4 Å². The standard InChI is InChI=1S/C14H18FN5.CH4/c1-9-3-5-11(12(15)7-9)6-4-10(2)19-14-18-8-17-13(16)20-14;/h3,5,7-8,10H,4,6H2,1-2H3,(H3,16,17,18,19,20);1H4. The molecule has 0 spiro atoms. The molecular formula is C15H22FN5. The quantitative estimate of drug-likeness (QED) is 0.885. The number of hydrogen-bond donors (Lipinski definition) is 2. The van der Waals surface area contributed by atoms with Crippen molar-refractivity contribution in [1.82, 2.24) is 15.0 Å². The Kier molecular flexibility index (Phi) is 6.02. The van der Waals surface area contributed by atoms with Crippen molar-refractivity contribution in [2.75, 3.05) is 11.1 Å². The van der Waals surface area contributed by atoms with Gasteiger partial charge in [-0.2, -0.15) is 4.98 Å². The van der Waals surface area contributed by atoms with Gasteiger partial charge in [-0.15, -0.1) is 0 Å². The first-order chi connectivity index (χ1) is 9.54. The van der Waals surface area contributed by atoms with Crippen molar-refractivity contribution in [3.8, 4) is 0 Å². The minimum Gasteiger partial charge on any atom is -0.368 e. The summed E-state index contributed by atoms with van der Waals surface area (Å²) in [5.41, 5.74) is 7.13. The summed E-state index contributed by atoms with van der Waals surface area (Å²) in [4.78, 5) is 11.7. The third-order valence-electron chi connectivity index (χ3n) is 3.02. The fourth-order valence-corrected chi connectivity index (χ4v) is 1.90. The number of benzene rings is 1. The summed E-state index contributed by atoms with van der Waals surface area (Å²) in [6, 6.07) is 5.42. The van der Waals surface area contributed by atoms with Crippen LogP contribution in [0.5, 0.6) is 0 Å². The Morgan fingerprint density at radius 1 is 1.33 bits per heavy atom. The maximum absolute atomic E-state index is 13.7. The van der Waals surface area contributed by atoms with Crippen molar-refractivity contribution in [2.45, 2.75) is 40.2 Å². The van der Waals surface area contributed by atoms with Crippen LogP contribution >= 0.6 is 0 Å². The lowest BCUT2D eigenvalue weighted by atomic mass is 10.0. The van der Waals surface area contributed by atoms with E-state index in [1.165, 1.54) is 6.33 Å². The maximum Gasteiger partial charge on any atom is 0.227 e. The van der Waals surface area contributed by atoms with E-state index >= 15 is 0 Å². The van der Waals surface area contributed by atoms with Gasteiger partial charge in [0.25, 0.3) is 0 Å². The number of anilines is 2. The minimum absolute atomic E-state index is 0. The van der Waals surface area contributed by atoms with Gasteiger partial charge in [0.1, 0.15) is 12.1 Å². The highest BCUT2D eigenvalue weighted by molar-refractivity contribution is 5.30. The third kappa shape index (κ3) is 4.98. The van der Waals surface area contributed by atoms with Crippen LogP contribution in [0.2, 0.25) is 0 Å². The second kappa shape index (κ2) is 7.52. The minimum atomic E-state index is -0.151. The first-order valence-corrected chi connectivity index (χ1v) is 6.50. The predicted molar refractivity (Wildman–Crippen MR) is 83.5 cm³/mol. The molecule has 0 amide bonds. The van der Waals surface area contributed by atoms with Gasteiger partial charge in [0.2, 0.25) is 11.9 Å². The number of rotatable bonds is 5. The lowest BCUT2D eigenvalue weighted by molar-refractivity contribution is 0.595. The van der Waals surface area contributed by atoms with Gasteiger partial charge in [0.05, 0.1) is 0 Å². The van der Waals surface area contributed by atoms with E-state index in [-0.39, 0.29) is 25.2 Å². The summed E-state index contributed by atoms with van der Waals surface area (Å²) in [6.45, 7) is 3.87. The number of nitrogens with one attached hydrogen (secondary N) is 1. The van der Waals surface area contributed by atoms with Crippen LogP contribution in [0.1, 0.15) is 31.9 Å². The molecule has 0 saturated carbocycles. The molecule has 5 nitrogen and oxygen atoms in total. The SMILES string of the molecule is C.Cc1ccc(CCC(C)Nc2ncnc(N)n2)c(F)c1. The molecule has 0 fully saturated rings. The Hall–Kier alpha value is -2.24. The molecule has 1 aromatic carbocycles. The van der Waals surface area contributed by atoms with Crippen LogP contribution in [0.4, 0.5) is 16.3 Å². The number of halogens is 1. The molecule has 2 rings (SSSR count). The fourth-order valence-electron chi connectivity index (χ4n) is 1.90. The molecule has 2 aromatic rings. The summed E-state index contributed by atoms with van der Waals surface area (Å²) < 4.78 is 13.7. The lowest BCUT2D eigenvalue weighted by Gasteiger charge is -2.14. The van der Waals surface area contributed by atoms with Crippen LogP contribution in [0.25, 0.3) is 0 Å². The molecule has 21 heavy (non-hydrogen) atoms. The number of aryl methyl sites for hydroxylation is 2. The predicted octanol–water partition coefficient (Wildman–Crippen LogP) is 2.97. The van der Waals surface area contributed by atoms with Crippen LogP contribution in [0, 0.1) is 12.7 Å². The molecule has 3 N–H and O–H groups in total. The first kappa shape index (κ1) is 16.8. The van der Waals surface area contributed by atoms with Crippen molar-refractivity contribution in [3.63, 3.8) is 0 Å². The highest BCUT2D eigenvalue weighted by atomic mass is 19.1. The Balaban J connectivity index is 0.00000220. The molecule has 0 saturated heterocycles. The molecule has 0 aliphatic rings. The van der Waals surface area contributed by atoms with Gasteiger partial charge >= 0.3 is 0 Å². The molecule has 1 atom stereocenters. The van der Waals surface area contributed by atoms with Crippen molar-refractivity contribution < 1.29 is 4.39 Å². The number of aromatic nitrogens is 3. The molecule has 1 aromatic heterocycles. The second-order valence-corrected chi connectivity index (χ2v) is 4.85. The molecule has 0 radical (unpaired) electrons. The van der Waals surface area contributed by atoms with Gasteiger partial charge in [-0.3, -0.25) is 0 Å². The summed E-state index contributed by atoms with van der Waals surface area (Å²) in [6.07, 6.45) is 2.78. The Bertz CT molecular complexity index is 588. The Labute approximate surface area is 124 Å². The highest BCUT2D eigenvalue weighted by Crippen LogP contribution is 2.14. The summed E-state index contributed by atoms with van der Waals surface area (Å²) >= 11 is 0. The van der Waals surface area contributed by atoms with Gasteiger partial charge in [-0.25, -0.2) is 14.4 Å². The number of nitrogen functional groups attached to an aromatic ring is 1. The van der Waals surface area contributed by atoms with Crippen molar-refractivity contribution >= 4 is 11.9 Å². The second-order valence-electron chi connectivity index (χ2n) is 4.85. The van der Waals surface area contributed by atoms with Crippen LogP contribution in [-0.4, -0.2) is 21.0 Å². The lowest BCUT2D eigenvalue weighted by Crippen LogP contribution is -2.18. The molecule has 1 unspecified atom stereocenters. The fraction of sp³-hybridized carbons (Fsp3) is 0.400. The molecule has 6 heteroatoms. The zero-order valence-corrected chi connectivity index (χ0v) is 11.6. The van der Waals surface area contributed by atoms with Crippen molar-refractivity contribution in [1.29, 1.82) is 0 Å². The average Bonchev–Trinajstić information content (AvgIpc) is 2.37. The molecule has 1 heterocycles. The van der Waals surface area contributed by atoms with Crippen LogP contribution in [0.15, 0.2) is 24.5 Å². The zero-order chi connectivity index (χ0) is 14.5. The van der Waals surface area contributed by atoms with Gasteiger partial charge in [-0.1, -0.05) is 19.6 Å². The van der Waals surface area contributed by atoms with E-state index in [1.54, 1.807) is 6.07 Å². The zero-order valence-electron chi connectivity index (χ0n) is 11.6. The third-order valence-corrected chi connectivity index (χ3v) is 3.02. The molecular weight excluding hydrogens is 269 g/mol. The van der Waals surface area contributed by atoms with E-state index in [9.17, 15) is 4.39 Å². The Morgan fingerprint density at radius 3 is 2.76 bits per heavy atom. The largest absolute Gasteiger partial charge is 0.368 e. The monoisotopic (exact) mass is 291 g/mol. The number of hydrogen-bond acceptors (Lipinski definition) is 5. The van der Waals surface area contributed by atoms with E-state index in [1.807, 2.05) is 26.0 Å². The molecule has 0 bridgehead atoms. The average molecular weight is 291 g/mol.